The zero-order valence-electron chi connectivity index (χ0n) is 18.3. The van der Waals surface area contributed by atoms with Crippen LogP contribution < -0.4 is 5.32 Å². The van der Waals surface area contributed by atoms with E-state index in [1.165, 1.54) is 12.5 Å². The minimum absolute atomic E-state index is 0.0193. The minimum atomic E-state index is -0.706. The topological polar surface area (TPSA) is 72.5 Å². The van der Waals surface area contributed by atoms with E-state index >= 15 is 0 Å². The van der Waals surface area contributed by atoms with Gasteiger partial charge in [-0.2, -0.15) is 0 Å². The summed E-state index contributed by atoms with van der Waals surface area (Å²) in [6.45, 7) is 7.81. The second-order valence-corrected chi connectivity index (χ2v) is 10.5. The predicted molar refractivity (Wildman–Crippen MR) is 110 cm³/mol. The van der Waals surface area contributed by atoms with E-state index in [0.717, 1.165) is 57.8 Å². The molecule has 7 atom stereocenters. The van der Waals surface area contributed by atoms with Crippen LogP contribution >= 0.6 is 0 Å². The van der Waals surface area contributed by atoms with Gasteiger partial charge in [-0.25, -0.2) is 0 Å². The summed E-state index contributed by atoms with van der Waals surface area (Å²) in [6.07, 6.45) is 10.9. The van der Waals surface area contributed by atoms with Crippen molar-refractivity contribution >= 4 is 18.2 Å². The van der Waals surface area contributed by atoms with Crippen LogP contribution in [0.5, 0.6) is 0 Å². The van der Waals surface area contributed by atoms with Gasteiger partial charge in [0.05, 0.1) is 0 Å². The number of fused-ring (bicyclic) bond motifs is 5. The number of carbonyl (C=O) groups is 3. The SMILES string of the molecule is CC(=O)O[C@H]1CC[C@@]2(C)C(=CC[C@@H]3[C@@H]2CC[C@@]2(C)[C@H]3CC[C@@]2(NC=O)C(C)=O)C1. The average molecular weight is 402 g/mol. The quantitative estimate of drug-likeness (QED) is 0.440. The van der Waals surface area contributed by atoms with E-state index in [1.54, 1.807) is 6.92 Å². The summed E-state index contributed by atoms with van der Waals surface area (Å²) in [4.78, 5) is 35.5. The van der Waals surface area contributed by atoms with Gasteiger partial charge in [-0.15, -0.1) is 0 Å². The molecule has 0 radical (unpaired) electrons. The molecule has 3 saturated carbocycles. The van der Waals surface area contributed by atoms with Gasteiger partial charge >= 0.3 is 5.97 Å². The van der Waals surface area contributed by atoms with E-state index in [4.69, 9.17) is 4.74 Å². The van der Waals surface area contributed by atoms with Crippen molar-refractivity contribution in [2.24, 2.45) is 28.6 Å². The fourth-order valence-electron chi connectivity index (χ4n) is 8.02. The van der Waals surface area contributed by atoms with Crippen LogP contribution in [0.3, 0.4) is 0 Å². The second-order valence-electron chi connectivity index (χ2n) is 10.5. The average Bonchev–Trinajstić information content (AvgIpc) is 2.96. The lowest BCUT2D eigenvalue weighted by Crippen LogP contribution is -2.63. The molecule has 0 aromatic carbocycles. The normalized spacial score (nSPS) is 45.9. The highest BCUT2D eigenvalue weighted by Crippen LogP contribution is 2.67. The van der Waals surface area contributed by atoms with Crippen molar-refractivity contribution in [2.75, 3.05) is 0 Å². The van der Waals surface area contributed by atoms with Crippen molar-refractivity contribution in [3.63, 3.8) is 0 Å². The van der Waals surface area contributed by atoms with Gasteiger partial charge < -0.3 is 10.1 Å². The molecule has 5 heteroatoms. The molecular formula is C24H35NO4. The number of rotatable bonds is 4. The molecule has 0 spiro atoms. The molecule has 0 aliphatic heterocycles. The van der Waals surface area contributed by atoms with Gasteiger partial charge in [0.25, 0.3) is 0 Å². The summed E-state index contributed by atoms with van der Waals surface area (Å²) < 4.78 is 5.53. The third-order valence-electron chi connectivity index (χ3n) is 9.49. The molecule has 4 aliphatic rings. The maximum absolute atomic E-state index is 12.7. The molecule has 3 fully saturated rings. The summed E-state index contributed by atoms with van der Waals surface area (Å²) in [7, 11) is 0. The number of Topliss-reactive ketones (excluding diaryl/α,β-unsaturated/α-hetero) is 1. The van der Waals surface area contributed by atoms with Crippen LogP contribution in [-0.2, 0) is 19.1 Å². The molecule has 1 amide bonds. The lowest BCUT2D eigenvalue weighted by molar-refractivity contribution is -0.149. The maximum Gasteiger partial charge on any atom is 0.302 e. The molecule has 0 heterocycles. The molecule has 29 heavy (non-hydrogen) atoms. The Hall–Kier alpha value is -1.65. The number of hydrogen-bond donors (Lipinski definition) is 1. The molecule has 0 aromatic rings. The zero-order valence-corrected chi connectivity index (χ0v) is 18.3. The highest BCUT2D eigenvalue weighted by Gasteiger charge is 2.65. The zero-order chi connectivity index (χ0) is 21.0. The van der Waals surface area contributed by atoms with Crippen LogP contribution in [0.4, 0.5) is 0 Å². The van der Waals surface area contributed by atoms with Crippen molar-refractivity contribution in [3.8, 4) is 0 Å². The first-order chi connectivity index (χ1) is 13.7. The lowest BCUT2D eigenvalue weighted by atomic mass is 9.46. The van der Waals surface area contributed by atoms with Crippen molar-refractivity contribution in [1.29, 1.82) is 0 Å². The number of esters is 1. The number of ketones is 1. The van der Waals surface area contributed by atoms with Crippen molar-refractivity contribution < 1.29 is 19.1 Å². The van der Waals surface area contributed by atoms with Crippen LogP contribution in [0.1, 0.15) is 79.1 Å². The van der Waals surface area contributed by atoms with E-state index in [-0.39, 0.29) is 28.7 Å². The van der Waals surface area contributed by atoms with Gasteiger partial charge in [0, 0.05) is 18.8 Å². The molecule has 5 nitrogen and oxygen atoms in total. The molecule has 1 N–H and O–H groups in total. The maximum atomic E-state index is 12.7. The van der Waals surface area contributed by atoms with E-state index in [2.05, 4.69) is 25.2 Å². The van der Waals surface area contributed by atoms with Crippen molar-refractivity contribution in [3.05, 3.63) is 11.6 Å². The van der Waals surface area contributed by atoms with Crippen LogP contribution in [0.25, 0.3) is 0 Å². The number of carbonyl (C=O) groups excluding carboxylic acids is 3. The van der Waals surface area contributed by atoms with Gasteiger partial charge in [-0.05, 0) is 75.0 Å². The highest BCUT2D eigenvalue weighted by atomic mass is 16.5. The van der Waals surface area contributed by atoms with Gasteiger partial charge in [-0.1, -0.05) is 25.5 Å². The molecule has 0 saturated heterocycles. The molecule has 0 unspecified atom stereocenters. The molecular weight excluding hydrogens is 366 g/mol. The number of amides is 1. The predicted octanol–water partition coefficient (Wildman–Crippen LogP) is 3.95. The first-order valence-corrected chi connectivity index (χ1v) is 11.3. The molecule has 4 rings (SSSR count). The first kappa shape index (κ1) is 20.6. The van der Waals surface area contributed by atoms with E-state index in [1.807, 2.05) is 0 Å². The largest absolute Gasteiger partial charge is 0.462 e. The molecule has 0 aromatic heterocycles. The summed E-state index contributed by atoms with van der Waals surface area (Å²) in [6, 6.07) is 0. The standard InChI is InChI=1S/C24H35NO4/c1-15(27)24(25-14-26)12-9-21-19-6-5-17-13-18(29-16(2)28)7-10-22(17,3)20(19)8-11-23(21,24)4/h5,14,18-21H,6-13H2,1-4H3,(H,25,26)/t18-,19+,20-,21-,22-,23-,24+/m0/s1. The monoisotopic (exact) mass is 401 g/mol. The van der Waals surface area contributed by atoms with Crippen molar-refractivity contribution in [1.82, 2.24) is 5.32 Å². The summed E-state index contributed by atoms with van der Waals surface area (Å²) >= 11 is 0. The Balaban J connectivity index is 1.63. The molecule has 160 valence electrons. The number of ether oxygens (including phenoxy) is 1. The Morgan fingerprint density at radius 2 is 1.83 bits per heavy atom. The van der Waals surface area contributed by atoms with Crippen LogP contribution in [0, 0.1) is 28.6 Å². The number of hydrogen-bond acceptors (Lipinski definition) is 4. The lowest BCUT2D eigenvalue weighted by Gasteiger charge is -2.59. The summed E-state index contributed by atoms with van der Waals surface area (Å²) in [5.74, 6) is 1.54. The van der Waals surface area contributed by atoms with Crippen LogP contribution in [-0.4, -0.2) is 29.8 Å². The van der Waals surface area contributed by atoms with E-state index in [9.17, 15) is 14.4 Å². The van der Waals surface area contributed by atoms with Gasteiger partial charge in [-0.3, -0.25) is 14.4 Å². The smallest absolute Gasteiger partial charge is 0.302 e. The van der Waals surface area contributed by atoms with Gasteiger partial charge in [0.2, 0.25) is 6.41 Å². The highest BCUT2D eigenvalue weighted by molar-refractivity contribution is 5.89. The Morgan fingerprint density at radius 1 is 1.10 bits per heavy atom. The van der Waals surface area contributed by atoms with Gasteiger partial charge in [0.1, 0.15) is 11.6 Å². The summed E-state index contributed by atoms with van der Waals surface area (Å²) in [5.41, 5.74) is 0.766. The Labute approximate surface area is 174 Å². The van der Waals surface area contributed by atoms with Crippen LogP contribution in [0.15, 0.2) is 11.6 Å². The Morgan fingerprint density at radius 3 is 2.48 bits per heavy atom. The molecule has 0 bridgehead atoms. The minimum Gasteiger partial charge on any atom is -0.462 e. The first-order valence-electron chi connectivity index (χ1n) is 11.3. The second kappa shape index (κ2) is 6.95. The Bertz CT molecular complexity index is 760. The fourth-order valence-corrected chi connectivity index (χ4v) is 8.02. The fraction of sp³-hybridized carbons (Fsp3) is 0.792. The Kier molecular flexibility index (Phi) is 4.94. The third-order valence-corrected chi connectivity index (χ3v) is 9.49. The van der Waals surface area contributed by atoms with Crippen molar-refractivity contribution in [2.45, 2.75) is 90.7 Å². The third kappa shape index (κ3) is 2.83. The number of allylic oxidation sites excluding steroid dienone is 1. The van der Waals surface area contributed by atoms with E-state index < -0.39 is 5.54 Å². The van der Waals surface area contributed by atoms with E-state index in [0.29, 0.717) is 17.8 Å². The van der Waals surface area contributed by atoms with Gasteiger partial charge in [0.15, 0.2) is 5.78 Å². The molecule has 4 aliphatic carbocycles. The van der Waals surface area contributed by atoms with Crippen LogP contribution in [0.2, 0.25) is 0 Å². The summed E-state index contributed by atoms with van der Waals surface area (Å²) in [5, 5.41) is 2.99. The number of nitrogens with one attached hydrogen (secondary N) is 1.